The van der Waals surface area contributed by atoms with E-state index in [0.29, 0.717) is 25.2 Å². The van der Waals surface area contributed by atoms with Crippen molar-refractivity contribution in [1.82, 2.24) is 15.7 Å². The summed E-state index contributed by atoms with van der Waals surface area (Å²) in [5.74, 6) is 0.301. The molecule has 2 rings (SSSR count). The van der Waals surface area contributed by atoms with E-state index in [0.717, 1.165) is 51.9 Å². The summed E-state index contributed by atoms with van der Waals surface area (Å²) in [6, 6.07) is 10.5. The number of hydroxylamine groups is 1. The highest BCUT2D eigenvalue weighted by Gasteiger charge is 2.19. The van der Waals surface area contributed by atoms with Crippen molar-refractivity contribution < 1.29 is 14.8 Å². The predicted molar refractivity (Wildman–Crippen MR) is 100 cm³/mol. The number of hydrogen-bond acceptors (Lipinski definition) is 4. The van der Waals surface area contributed by atoms with Crippen molar-refractivity contribution in [3.05, 3.63) is 35.9 Å². The first-order chi connectivity index (χ1) is 12.7. The quantitative estimate of drug-likeness (QED) is 0.340. The molecular weight excluding hydrogens is 330 g/mol. The van der Waals surface area contributed by atoms with Crippen LogP contribution in [-0.2, 0) is 16.1 Å². The van der Waals surface area contributed by atoms with E-state index in [9.17, 15) is 9.59 Å². The van der Waals surface area contributed by atoms with E-state index >= 15 is 0 Å². The zero-order chi connectivity index (χ0) is 18.6. The zero-order valence-corrected chi connectivity index (χ0v) is 15.5. The molecule has 0 aliphatic carbocycles. The van der Waals surface area contributed by atoms with Gasteiger partial charge in [-0.15, -0.1) is 0 Å². The van der Waals surface area contributed by atoms with E-state index in [1.807, 2.05) is 6.07 Å². The van der Waals surface area contributed by atoms with Crippen molar-refractivity contribution in [2.24, 2.45) is 5.92 Å². The van der Waals surface area contributed by atoms with Gasteiger partial charge in [-0.1, -0.05) is 36.8 Å². The highest BCUT2D eigenvalue weighted by molar-refractivity contribution is 5.76. The van der Waals surface area contributed by atoms with E-state index < -0.39 is 0 Å². The van der Waals surface area contributed by atoms with Gasteiger partial charge in [0.05, 0.1) is 0 Å². The molecule has 26 heavy (non-hydrogen) atoms. The van der Waals surface area contributed by atoms with Crippen LogP contribution in [0.25, 0.3) is 0 Å². The Balaban J connectivity index is 1.51. The Morgan fingerprint density at radius 2 is 1.65 bits per heavy atom. The third-order valence-electron chi connectivity index (χ3n) is 4.98. The minimum Gasteiger partial charge on any atom is -0.356 e. The first kappa shape index (κ1) is 20.4. The number of hydrogen-bond donors (Lipinski definition) is 3. The van der Waals surface area contributed by atoms with Gasteiger partial charge in [0.15, 0.2) is 0 Å². The summed E-state index contributed by atoms with van der Waals surface area (Å²) in [5, 5.41) is 11.4. The second-order valence-corrected chi connectivity index (χ2v) is 7.10. The number of unbranched alkanes of at least 4 members (excludes halogenated alkanes) is 2. The topological polar surface area (TPSA) is 81.7 Å². The van der Waals surface area contributed by atoms with Gasteiger partial charge in [-0.25, -0.2) is 5.48 Å². The molecule has 0 aromatic heterocycles. The Morgan fingerprint density at radius 1 is 1.00 bits per heavy atom. The van der Waals surface area contributed by atoms with Crippen LogP contribution in [0.3, 0.4) is 0 Å². The lowest BCUT2D eigenvalue weighted by Crippen LogP contribution is -2.38. The van der Waals surface area contributed by atoms with Crippen molar-refractivity contribution >= 4 is 11.8 Å². The van der Waals surface area contributed by atoms with Gasteiger partial charge in [-0.2, -0.15) is 0 Å². The molecule has 144 valence electrons. The third-order valence-corrected chi connectivity index (χ3v) is 4.98. The van der Waals surface area contributed by atoms with Gasteiger partial charge >= 0.3 is 0 Å². The fraction of sp³-hybridized carbons (Fsp3) is 0.600. The zero-order valence-electron chi connectivity index (χ0n) is 15.5. The molecule has 1 aliphatic rings. The number of benzene rings is 1. The molecule has 2 amide bonds. The van der Waals surface area contributed by atoms with Gasteiger partial charge < -0.3 is 5.32 Å². The summed E-state index contributed by atoms with van der Waals surface area (Å²) >= 11 is 0. The van der Waals surface area contributed by atoms with E-state index in [4.69, 9.17) is 5.21 Å². The molecule has 0 saturated carbocycles. The molecule has 1 aromatic rings. The summed E-state index contributed by atoms with van der Waals surface area (Å²) in [4.78, 5) is 25.3. The van der Waals surface area contributed by atoms with Crippen molar-refractivity contribution in [3.63, 3.8) is 0 Å². The van der Waals surface area contributed by atoms with E-state index in [1.54, 1.807) is 5.48 Å². The maximum absolute atomic E-state index is 11.9. The highest BCUT2D eigenvalue weighted by atomic mass is 16.5. The Labute approximate surface area is 155 Å². The van der Waals surface area contributed by atoms with Crippen LogP contribution in [0.2, 0.25) is 0 Å². The fourth-order valence-electron chi connectivity index (χ4n) is 3.34. The number of rotatable bonds is 10. The van der Waals surface area contributed by atoms with Crippen LogP contribution < -0.4 is 10.8 Å². The van der Waals surface area contributed by atoms with E-state index in [2.05, 4.69) is 34.5 Å². The molecule has 0 bridgehead atoms. The molecule has 3 N–H and O–H groups in total. The maximum atomic E-state index is 11.9. The molecular formula is C20H31N3O3. The molecule has 6 heteroatoms. The number of carbonyl (C=O) groups is 2. The minimum atomic E-state index is -0.368. The lowest BCUT2D eigenvalue weighted by Gasteiger charge is -2.32. The van der Waals surface area contributed by atoms with Crippen LogP contribution in [0, 0.1) is 5.92 Å². The number of nitrogens with one attached hydrogen (secondary N) is 2. The standard InChI is InChI=1S/C20H31N3O3/c24-19(9-5-2-6-10-20(25)22-26)21-15-17-11-13-23(14-12-17)16-18-7-3-1-4-8-18/h1,3-4,7-8,17,26H,2,5-6,9-16H2,(H,21,24)(H,22,25). The summed E-state index contributed by atoms with van der Waals surface area (Å²) < 4.78 is 0. The van der Waals surface area contributed by atoms with E-state index in [1.165, 1.54) is 5.56 Å². The lowest BCUT2D eigenvalue weighted by molar-refractivity contribution is -0.129. The average Bonchev–Trinajstić information content (AvgIpc) is 2.67. The average molecular weight is 361 g/mol. The largest absolute Gasteiger partial charge is 0.356 e. The molecule has 0 unspecified atom stereocenters. The van der Waals surface area contributed by atoms with Crippen LogP contribution in [0.15, 0.2) is 30.3 Å². The van der Waals surface area contributed by atoms with Gasteiger partial charge in [-0.05, 0) is 50.3 Å². The molecule has 0 radical (unpaired) electrons. The van der Waals surface area contributed by atoms with Gasteiger partial charge in [-0.3, -0.25) is 19.7 Å². The highest BCUT2D eigenvalue weighted by Crippen LogP contribution is 2.18. The molecule has 1 aliphatic heterocycles. The van der Waals surface area contributed by atoms with Crippen LogP contribution in [0.1, 0.15) is 50.5 Å². The molecule has 0 atom stereocenters. The molecule has 1 saturated heterocycles. The van der Waals surface area contributed by atoms with Crippen LogP contribution >= 0.6 is 0 Å². The number of piperidine rings is 1. The SMILES string of the molecule is O=C(CCCCCC(=O)NCC1CCN(Cc2ccccc2)CC1)NO. The Hall–Kier alpha value is -1.92. The molecule has 0 spiro atoms. The Morgan fingerprint density at radius 3 is 2.31 bits per heavy atom. The lowest BCUT2D eigenvalue weighted by atomic mass is 9.96. The van der Waals surface area contributed by atoms with Crippen molar-refractivity contribution in [2.45, 2.75) is 51.5 Å². The summed E-state index contributed by atoms with van der Waals surface area (Å²) in [7, 11) is 0. The molecule has 1 aromatic carbocycles. The van der Waals surface area contributed by atoms with Crippen molar-refractivity contribution in [1.29, 1.82) is 0 Å². The summed E-state index contributed by atoms with van der Waals surface area (Å²) in [6.07, 6.45) is 5.36. The third kappa shape index (κ3) is 7.97. The fourth-order valence-corrected chi connectivity index (χ4v) is 3.34. The number of nitrogens with zero attached hydrogens (tertiary/aromatic N) is 1. The van der Waals surface area contributed by atoms with E-state index in [-0.39, 0.29) is 11.8 Å². The van der Waals surface area contributed by atoms with Crippen LogP contribution in [-0.4, -0.2) is 41.6 Å². The van der Waals surface area contributed by atoms with Gasteiger partial charge in [0.25, 0.3) is 0 Å². The van der Waals surface area contributed by atoms with Crippen molar-refractivity contribution in [3.8, 4) is 0 Å². The first-order valence-electron chi connectivity index (χ1n) is 9.63. The summed E-state index contributed by atoms with van der Waals surface area (Å²) in [6.45, 7) is 3.95. The number of carbonyl (C=O) groups excluding carboxylic acids is 2. The van der Waals surface area contributed by atoms with Gasteiger partial charge in [0.2, 0.25) is 11.8 Å². The number of likely N-dealkylation sites (tertiary alicyclic amines) is 1. The second kappa shape index (κ2) is 11.6. The Kier molecular flexibility index (Phi) is 9.14. The maximum Gasteiger partial charge on any atom is 0.243 e. The normalized spacial score (nSPS) is 15.6. The van der Waals surface area contributed by atoms with Gasteiger partial charge in [0.1, 0.15) is 0 Å². The van der Waals surface area contributed by atoms with Gasteiger partial charge in [0, 0.05) is 25.9 Å². The first-order valence-corrected chi connectivity index (χ1v) is 9.63. The number of amides is 2. The molecule has 1 heterocycles. The molecule has 1 fully saturated rings. The monoisotopic (exact) mass is 361 g/mol. The van der Waals surface area contributed by atoms with Crippen molar-refractivity contribution in [2.75, 3.05) is 19.6 Å². The predicted octanol–water partition coefficient (Wildman–Crippen LogP) is 2.47. The molecule has 6 nitrogen and oxygen atoms in total. The smallest absolute Gasteiger partial charge is 0.243 e. The second-order valence-electron chi connectivity index (χ2n) is 7.10. The Bertz CT molecular complexity index is 542. The minimum absolute atomic E-state index is 0.100. The van der Waals surface area contributed by atoms with Crippen LogP contribution in [0.5, 0.6) is 0 Å². The summed E-state index contributed by atoms with van der Waals surface area (Å²) in [5.41, 5.74) is 2.97. The van der Waals surface area contributed by atoms with Crippen LogP contribution in [0.4, 0.5) is 0 Å².